The number of rotatable bonds is 3. The van der Waals surface area contributed by atoms with Gasteiger partial charge in [0.2, 0.25) is 0 Å². The average molecular weight is 292 g/mol. The Balaban J connectivity index is 2.99. The summed E-state index contributed by atoms with van der Waals surface area (Å²) in [6.07, 6.45) is 0. The van der Waals surface area contributed by atoms with Gasteiger partial charge in [-0.15, -0.1) is 0 Å². The van der Waals surface area contributed by atoms with E-state index in [0.29, 0.717) is 0 Å². The monoisotopic (exact) mass is 292 g/mol. The van der Waals surface area contributed by atoms with Crippen molar-refractivity contribution in [1.29, 1.82) is 0 Å². The molecule has 3 heteroatoms. The van der Waals surface area contributed by atoms with Gasteiger partial charge in [0.1, 0.15) is 5.75 Å². The number of aliphatic hydroxyl groups excluding tert-OH is 1. The molecule has 0 amide bonds. The fourth-order valence-electron chi connectivity index (χ4n) is 1.09. The first kappa shape index (κ1) is 10.8. The van der Waals surface area contributed by atoms with Crippen molar-refractivity contribution in [2.24, 2.45) is 0 Å². The van der Waals surface area contributed by atoms with Gasteiger partial charge in [-0.05, 0) is 40.3 Å². The topological polar surface area (TPSA) is 29.5 Å². The number of hydrogen-bond donors (Lipinski definition) is 1. The molecule has 0 aliphatic heterocycles. The van der Waals surface area contributed by atoms with E-state index in [2.05, 4.69) is 22.6 Å². The highest BCUT2D eigenvalue weighted by Gasteiger charge is 2.06. The minimum Gasteiger partial charge on any atom is -0.496 e. The molecule has 13 heavy (non-hydrogen) atoms. The molecule has 0 bridgehead atoms. The molecule has 0 spiro atoms. The lowest BCUT2D eigenvalue weighted by Gasteiger charge is -2.10. The number of ether oxygens (including phenoxy) is 1. The molecule has 0 aromatic heterocycles. The molecular weight excluding hydrogens is 279 g/mol. The summed E-state index contributed by atoms with van der Waals surface area (Å²) < 4.78 is 6.28. The number of aliphatic hydroxyl groups is 1. The van der Waals surface area contributed by atoms with Gasteiger partial charge in [0.25, 0.3) is 0 Å². The third-order valence-electron chi connectivity index (χ3n) is 2.02. The van der Waals surface area contributed by atoms with Crippen LogP contribution in [0.3, 0.4) is 0 Å². The largest absolute Gasteiger partial charge is 0.496 e. The van der Waals surface area contributed by atoms with Crippen LogP contribution < -0.4 is 4.74 Å². The lowest BCUT2D eigenvalue weighted by atomic mass is 10.0. The number of methoxy groups -OCH3 is 1. The Kier molecular flexibility index (Phi) is 3.99. The molecule has 1 aromatic rings. The van der Waals surface area contributed by atoms with Gasteiger partial charge in [-0.3, -0.25) is 0 Å². The van der Waals surface area contributed by atoms with E-state index in [1.54, 1.807) is 7.11 Å². The van der Waals surface area contributed by atoms with E-state index < -0.39 is 0 Å². The van der Waals surface area contributed by atoms with Crippen LogP contribution in [-0.4, -0.2) is 18.8 Å². The molecule has 1 atom stereocenters. The molecule has 1 rings (SSSR count). The number of halogens is 1. The molecule has 0 aliphatic rings. The summed E-state index contributed by atoms with van der Waals surface area (Å²) in [4.78, 5) is 0. The van der Waals surface area contributed by atoms with E-state index in [1.807, 2.05) is 25.1 Å². The highest BCUT2D eigenvalue weighted by Crippen LogP contribution is 2.25. The van der Waals surface area contributed by atoms with Gasteiger partial charge in [0, 0.05) is 12.5 Å². The highest BCUT2D eigenvalue weighted by atomic mass is 127. The van der Waals surface area contributed by atoms with Crippen LogP contribution >= 0.6 is 22.6 Å². The van der Waals surface area contributed by atoms with E-state index in [-0.39, 0.29) is 12.5 Å². The maximum atomic E-state index is 8.98. The molecule has 1 N–H and O–H groups in total. The van der Waals surface area contributed by atoms with Crippen LogP contribution in [0.25, 0.3) is 0 Å². The van der Waals surface area contributed by atoms with E-state index in [0.717, 1.165) is 14.9 Å². The van der Waals surface area contributed by atoms with Crippen LogP contribution in [-0.2, 0) is 0 Å². The van der Waals surface area contributed by atoms with Crippen LogP contribution in [0.15, 0.2) is 18.2 Å². The predicted octanol–water partition coefficient (Wildman–Crippen LogP) is 2.40. The Morgan fingerprint density at radius 1 is 1.54 bits per heavy atom. The molecule has 1 unspecified atom stereocenters. The second-order valence-corrected chi connectivity index (χ2v) is 4.14. The molecule has 0 fully saturated rings. The van der Waals surface area contributed by atoms with Crippen molar-refractivity contribution < 1.29 is 9.84 Å². The lowest BCUT2D eigenvalue weighted by Crippen LogP contribution is -1.99. The van der Waals surface area contributed by atoms with Gasteiger partial charge >= 0.3 is 0 Å². The molecule has 0 saturated heterocycles. The summed E-state index contributed by atoms with van der Waals surface area (Å²) in [7, 11) is 1.66. The first-order valence-electron chi connectivity index (χ1n) is 4.13. The normalized spacial score (nSPS) is 12.6. The third-order valence-corrected chi connectivity index (χ3v) is 2.91. The van der Waals surface area contributed by atoms with Crippen molar-refractivity contribution >= 4 is 22.6 Å². The quantitative estimate of drug-likeness (QED) is 0.867. The molecule has 0 heterocycles. The number of hydrogen-bond acceptors (Lipinski definition) is 2. The third kappa shape index (κ3) is 2.57. The van der Waals surface area contributed by atoms with Crippen molar-refractivity contribution in [3.63, 3.8) is 0 Å². The summed E-state index contributed by atoms with van der Waals surface area (Å²) in [5.74, 6) is 1.05. The van der Waals surface area contributed by atoms with Crippen molar-refractivity contribution in [1.82, 2.24) is 0 Å². The standard InChI is InChI=1S/C10H13IO2/c1-7(6-12)8-3-4-9(11)10(5-8)13-2/h3-5,7,12H,6H2,1-2H3. The molecule has 0 saturated carbocycles. The van der Waals surface area contributed by atoms with Gasteiger partial charge in [-0.1, -0.05) is 13.0 Å². The van der Waals surface area contributed by atoms with E-state index in [4.69, 9.17) is 9.84 Å². The van der Waals surface area contributed by atoms with E-state index >= 15 is 0 Å². The van der Waals surface area contributed by atoms with Gasteiger partial charge in [-0.2, -0.15) is 0 Å². The SMILES string of the molecule is COc1cc(C(C)CO)ccc1I. The van der Waals surface area contributed by atoms with Crippen molar-refractivity contribution in [2.45, 2.75) is 12.8 Å². The Bertz CT molecular complexity index is 286. The van der Waals surface area contributed by atoms with Crippen molar-refractivity contribution in [3.05, 3.63) is 27.3 Å². The first-order chi connectivity index (χ1) is 6.19. The van der Waals surface area contributed by atoms with Gasteiger partial charge in [0.15, 0.2) is 0 Å². The predicted molar refractivity (Wildman–Crippen MR) is 61.2 cm³/mol. The molecule has 2 nitrogen and oxygen atoms in total. The maximum Gasteiger partial charge on any atom is 0.132 e. The fourth-order valence-corrected chi connectivity index (χ4v) is 1.64. The fraction of sp³-hybridized carbons (Fsp3) is 0.400. The smallest absolute Gasteiger partial charge is 0.132 e. The zero-order valence-corrected chi connectivity index (χ0v) is 9.91. The van der Waals surface area contributed by atoms with Gasteiger partial charge in [-0.25, -0.2) is 0 Å². The van der Waals surface area contributed by atoms with Crippen molar-refractivity contribution in [3.8, 4) is 5.75 Å². The Morgan fingerprint density at radius 2 is 2.23 bits per heavy atom. The van der Waals surface area contributed by atoms with Crippen LogP contribution in [0.5, 0.6) is 5.75 Å². The molecule has 0 aliphatic carbocycles. The molecule has 72 valence electrons. The second kappa shape index (κ2) is 4.81. The lowest BCUT2D eigenvalue weighted by molar-refractivity contribution is 0.273. The summed E-state index contributed by atoms with van der Waals surface area (Å²) in [5.41, 5.74) is 1.11. The molecule has 0 radical (unpaired) electrons. The van der Waals surface area contributed by atoms with E-state index in [1.165, 1.54) is 0 Å². The van der Waals surface area contributed by atoms with Crippen molar-refractivity contribution in [2.75, 3.05) is 13.7 Å². The molecular formula is C10H13IO2. The van der Waals surface area contributed by atoms with Gasteiger partial charge < -0.3 is 9.84 Å². The molecule has 1 aromatic carbocycles. The Hall–Kier alpha value is -0.290. The first-order valence-corrected chi connectivity index (χ1v) is 5.21. The Labute approximate surface area is 92.1 Å². The zero-order valence-electron chi connectivity index (χ0n) is 7.75. The average Bonchev–Trinajstić information content (AvgIpc) is 2.17. The van der Waals surface area contributed by atoms with Crippen LogP contribution in [0.4, 0.5) is 0 Å². The summed E-state index contributed by atoms with van der Waals surface area (Å²) in [6.45, 7) is 2.16. The minimum atomic E-state index is 0.170. The highest BCUT2D eigenvalue weighted by molar-refractivity contribution is 14.1. The summed E-state index contributed by atoms with van der Waals surface area (Å²) in [6, 6.07) is 5.99. The van der Waals surface area contributed by atoms with E-state index in [9.17, 15) is 0 Å². The maximum absolute atomic E-state index is 8.98. The summed E-state index contributed by atoms with van der Waals surface area (Å²) >= 11 is 2.23. The Morgan fingerprint density at radius 3 is 2.77 bits per heavy atom. The summed E-state index contributed by atoms with van der Waals surface area (Å²) in [5, 5.41) is 8.98. The minimum absolute atomic E-state index is 0.170. The van der Waals surface area contributed by atoms with Crippen LogP contribution in [0.2, 0.25) is 0 Å². The van der Waals surface area contributed by atoms with Crippen LogP contribution in [0.1, 0.15) is 18.4 Å². The van der Waals surface area contributed by atoms with Crippen LogP contribution in [0, 0.1) is 3.57 Å². The van der Waals surface area contributed by atoms with Gasteiger partial charge in [0.05, 0.1) is 10.7 Å². The zero-order chi connectivity index (χ0) is 9.84. The number of benzene rings is 1. The second-order valence-electron chi connectivity index (χ2n) is 2.98.